The van der Waals surface area contributed by atoms with E-state index in [1.165, 1.54) is 4.31 Å². The number of ether oxygens (including phenoxy) is 1. The number of carbonyl (C=O) groups is 1. The summed E-state index contributed by atoms with van der Waals surface area (Å²) in [6.07, 6.45) is 1.79. The third kappa shape index (κ3) is 5.56. The van der Waals surface area contributed by atoms with E-state index in [2.05, 4.69) is 10.5 Å². The number of hydrazone groups is 1. The fraction of sp³-hybridized carbons (Fsp3) is 0.300. The Morgan fingerprint density at radius 2 is 1.72 bits per heavy atom. The molecule has 2 aromatic rings. The molecule has 1 amide bonds. The number of carbonyl (C=O) groups excluding carboxylic acids is 1. The van der Waals surface area contributed by atoms with Crippen LogP contribution in [-0.4, -0.2) is 44.0 Å². The van der Waals surface area contributed by atoms with Crippen molar-refractivity contribution in [1.82, 2.24) is 9.73 Å². The lowest BCUT2D eigenvalue weighted by Crippen LogP contribution is -2.27. The molecule has 9 heteroatoms. The van der Waals surface area contributed by atoms with Gasteiger partial charge in [-0.1, -0.05) is 23.7 Å². The molecule has 0 aromatic heterocycles. The maximum atomic E-state index is 12.6. The minimum absolute atomic E-state index is 0.189. The number of rotatable bonds is 7. The van der Waals surface area contributed by atoms with Crippen molar-refractivity contribution in [1.29, 1.82) is 0 Å². The quantitative estimate of drug-likeness (QED) is 0.534. The van der Waals surface area contributed by atoms with Gasteiger partial charge in [0.1, 0.15) is 5.75 Å². The number of nitrogens with one attached hydrogen (secondary N) is 1. The van der Waals surface area contributed by atoms with Crippen LogP contribution in [0.1, 0.15) is 25.3 Å². The van der Waals surface area contributed by atoms with Crippen molar-refractivity contribution >= 4 is 33.2 Å². The van der Waals surface area contributed by atoms with Crippen LogP contribution in [0.15, 0.2) is 58.5 Å². The molecule has 0 aliphatic carbocycles. The van der Waals surface area contributed by atoms with Crippen LogP contribution in [-0.2, 0) is 14.8 Å². The van der Waals surface area contributed by atoms with E-state index in [9.17, 15) is 13.2 Å². The maximum absolute atomic E-state index is 12.6. The predicted molar refractivity (Wildman–Crippen MR) is 112 cm³/mol. The molecule has 1 aliphatic heterocycles. The number of hydrogen-bond acceptors (Lipinski definition) is 5. The number of benzene rings is 2. The Balaban J connectivity index is 1.56. The molecule has 0 saturated carbocycles. The standard InChI is InChI=1S/C20H22ClN3O4S/c1-15(22-23-20(25)14-28-18-8-6-17(21)7-9-18)16-4-10-19(11-5-16)29(26,27)24-12-2-3-13-24/h4-11H,2-3,12-14H2,1H3,(H,23,25)/b22-15+. The molecule has 1 saturated heterocycles. The molecule has 0 spiro atoms. The Labute approximate surface area is 175 Å². The third-order valence-corrected chi connectivity index (χ3v) is 6.67. The zero-order chi connectivity index (χ0) is 20.9. The smallest absolute Gasteiger partial charge is 0.277 e. The Kier molecular flexibility index (Phi) is 6.89. The van der Waals surface area contributed by atoms with Crippen LogP contribution in [0.25, 0.3) is 0 Å². The zero-order valence-corrected chi connectivity index (χ0v) is 17.5. The highest BCUT2D eigenvalue weighted by atomic mass is 35.5. The molecule has 0 unspecified atom stereocenters. The van der Waals surface area contributed by atoms with Crippen molar-refractivity contribution in [2.45, 2.75) is 24.7 Å². The molecular formula is C20H22ClN3O4S. The Morgan fingerprint density at radius 1 is 1.10 bits per heavy atom. The summed E-state index contributed by atoms with van der Waals surface area (Å²) >= 11 is 5.80. The van der Waals surface area contributed by atoms with Crippen LogP contribution in [0.2, 0.25) is 5.02 Å². The van der Waals surface area contributed by atoms with E-state index in [4.69, 9.17) is 16.3 Å². The van der Waals surface area contributed by atoms with E-state index in [0.29, 0.717) is 35.1 Å². The second-order valence-electron chi connectivity index (χ2n) is 6.61. The van der Waals surface area contributed by atoms with Gasteiger partial charge in [0.2, 0.25) is 10.0 Å². The molecular weight excluding hydrogens is 414 g/mol. The normalized spacial score (nSPS) is 15.3. The fourth-order valence-corrected chi connectivity index (χ4v) is 4.51. The van der Waals surface area contributed by atoms with Gasteiger partial charge in [0.15, 0.2) is 6.61 Å². The third-order valence-electron chi connectivity index (χ3n) is 4.51. The van der Waals surface area contributed by atoms with E-state index >= 15 is 0 Å². The van der Waals surface area contributed by atoms with Crippen molar-refractivity contribution < 1.29 is 17.9 Å². The summed E-state index contributed by atoms with van der Waals surface area (Å²) in [5, 5.41) is 4.63. The van der Waals surface area contributed by atoms with Gasteiger partial charge in [-0.3, -0.25) is 4.79 Å². The van der Waals surface area contributed by atoms with Crippen molar-refractivity contribution in [2.75, 3.05) is 19.7 Å². The van der Waals surface area contributed by atoms with Crippen LogP contribution in [0, 0.1) is 0 Å². The van der Waals surface area contributed by atoms with Crippen molar-refractivity contribution in [3.8, 4) is 5.75 Å². The topological polar surface area (TPSA) is 88.1 Å². The first kappa shape index (κ1) is 21.3. The maximum Gasteiger partial charge on any atom is 0.277 e. The van der Waals surface area contributed by atoms with Crippen molar-refractivity contribution in [3.63, 3.8) is 0 Å². The largest absolute Gasteiger partial charge is 0.484 e. The summed E-state index contributed by atoms with van der Waals surface area (Å²) in [6, 6.07) is 13.2. The molecule has 29 heavy (non-hydrogen) atoms. The highest BCUT2D eigenvalue weighted by molar-refractivity contribution is 7.89. The van der Waals surface area contributed by atoms with Gasteiger partial charge in [-0.15, -0.1) is 0 Å². The fourth-order valence-electron chi connectivity index (χ4n) is 2.87. The van der Waals surface area contributed by atoms with Gasteiger partial charge in [-0.2, -0.15) is 9.41 Å². The highest BCUT2D eigenvalue weighted by Gasteiger charge is 2.26. The first-order chi connectivity index (χ1) is 13.9. The summed E-state index contributed by atoms with van der Waals surface area (Å²) in [5.74, 6) is 0.118. The summed E-state index contributed by atoms with van der Waals surface area (Å²) in [4.78, 5) is 12.2. The zero-order valence-electron chi connectivity index (χ0n) is 16.0. The summed E-state index contributed by atoms with van der Waals surface area (Å²) in [6.45, 7) is 2.67. The number of hydrogen-bond donors (Lipinski definition) is 1. The van der Waals surface area contributed by atoms with Gasteiger partial charge in [-0.25, -0.2) is 13.8 Å². The molecule has 0 bridgehead atoms. The minimum atomic E-state index is -3.44. The van der Waals surface area contributed by atoms with Gasteiger partial charge in [0.25, 0.3) is 5.91 Å². The lowest BCUT2D eigenvalue weighted by atomic mass is 10.1. The Hall–Kier alpha value is -2.42. The second-order valence-corrected chi connectivity index (χ2v) is 8.98. The number of amides is 1. The van der Waals surface area contributed by atoms with E-state index < -0.39 is 15.9 Å². The molecule has 7 nitrogen and oxygen atoms in total. The van der Waals surface area contributed by atoms with Gasteiger partial charge >= 0.3 is 0 Å². The highest BCUT2D eigenvalue weighted by Crippen LogP contribution is 2.21. The van der Waals surface area contributed by atoms with E-state index in [1.54, 1.807) is 55.5 Å². The van der Waals surface area contributed by atoms with E-state index in [0.717, 1.165) is 12.8 Å². The molecule has 0 radical (unpaired) electrons. The number of nitrogens with zero attached hydrogens (tertiary/aromatic N) is 2. The summed E-state index contributed by atoms with van der Waals surface area (Å²) in [5.41, 5.74) is 3.69. The SMILES string of the molecule is C/C(=N\NC(=O)COc1ccc(Cl)cc1)c1ccc(S(=O)(=O)N2CCCC2)cc1. The Bertz CT molecular complexity index is 983. The molecule has 0 atom stereocenters. The van der Waals surface area contributed by atoms with Crippen LogP contribution >= 0.6 is 11.6 Å². The first-order valence-corrected chi connectivity index (χ1v) is 11.0. The molecule has 1 N–H and O–H groups in total. The minimum Gasteiger partial charge on any atom is -0.484 e. The second kappa shape index (κ2) is 9.39. The monoisotopic (exact) mass is 435 g/mol. The van der Waals surface area contributed by atoms with Gasteiger partial charge in [-0.05, 0) is 61.7 Å². The van der Waals surface area contributed by atoms with Gasteiger partial charge < -0.3 is 4.74 Å². The summed E-state index contributed by atoms with van der Waals surface area (Å²) in [7, 11) is -3.44. The molecule has 1 heterocycles. The molecule has 3 rings (SSSR count). The molecule has 1 fully saturated rings. The van der Waals surface area contributed by atoms with E-state index in [1.807, 2.05) is 0 Å². The summed E-state index contributed by atoms with van der Waals surface area (Å²) < 4.78 is 32.0. The average molecular weight is 436 g/mol. The van der Waals surface area contributed by atoms with Crippen LogP contribution in [0.5, 0.6) is 5.75 Å². The van der Waals surface area contributed by atoms with Crippen LogP contribution in [0.4, 0.5) is 0 Å². The Morgan fingerprint density at radius 3 is 2.34 bits per heavy atom. The van der Waals surface area contributed by atoms with E-state index in [-0.39, 0.29) is 11.5 Å². The average Bonchev–Trinajstić information content (AvgIpc) is 3.27. The molecule has 154 valence electrons. The first-order valence-electron chi connectivity index (χ1n) is 9.18. The van der Waals surface area contributed by atoms with Gasteiger partial charge in [0.05, 0.1) is 10.6 Å². The lowest BCUT2D eigenvalue weighted by molar-refractivity contribution is -0.123. The van der Waals surface area contributed by atoms with Crippen LogP contribution in [0.3, 0.4) is 0 Å². The molecule has 2 aromatic carbocycles. The number of halogens is 1. The lowest BCUT2D eigenvalue weighted by Gasteiger charge is -2.15. The molecule has 1 aliphatic rings. The van der Waals surface area contributed by atoms with Crippen LogP contribution < -0.4 is 10.2 Å². The van der Waals surface area contributed by atoms with Crippen molar-refractivity contribution in [3.05, 3.63) is 59.1 Å². The van der Waals surface area contributed by atoms with Gasteiger partial charge in [0, 0.05) is 18.1 Å². The predicted octanol–water partition coefficient (Wildman–Crippen LogP) is 3.04. The number of sulfonamides is 1. The van der Waals surface area contributed by atoms with Crippen molar-refractivity contribution in [2.24, 2.45) is 5.10 Å².